The highest BCUT2D eigenvalue weighted by Gasteiger charge is 2.10. The van der Waals surface area contributed by atoms with Crippen molar-refractivity contribution in [2.75, 3.05) is 28.4 Å². The van der Waals surface area contributed by atoms with Crippen molar-refractivity contribution in [2.45, 2.75) is 6.42 Å². The highest BCUT2D eigenvalue weighted by Crippen LogP contribution is 2.30. The Morgan fingerprint density at radius 1 is 0.655 bits per heavy atom. The zero-order valence-corrected chi connectivity index (χ0v) is 16.9. The highest BCUT2D eigenvalue weighted by atomic mass is 16.5. The van der Waals surface area contributed by atoms with Gasteiger partial charge in [-0.1, -0.05) is 12.1 Å². The molecule has 2 aromatic carbocycles. The van der Waals surface area contributed by atoms with Gasteiger partial charge in [0.05, 0.1) is 46.0 Å². The molecule has 0 heterocycles. The Kier molecular flexibility index (Phi) is 8.03. The monoisotopic (exact) mass is 396 g/mol. The molecule has 0 spiro atoms. The Hall–Kier alpha value is -3.54. The Morgan fingerprint density at radius 3 is 1.24 bits per heavy atom. The third kappa shape index (κ3) is 5.72. The van der Waals surface area contributed by atoms with Crippen LogP contribution in [0.2, 0.25) is 0 Å². The zero-order chi connectivity index (χ0) is 21.2. The highest BCUT2D eigenvalue weighted by molar-refractivity contribution is 6.11. The van der Waals surface area contributed by atoms with E-state index in [9.17, 15) is 9.59 Å². The molecule has 2 rings (SSSR count). The van der Waals surface area contributed by atoms with Crippen LogP contribution in [0.15, 0.2) is 48.6 Å². The first-order chi connectivity index (χ1) is 14.0. The minimum atomic E-state index is -0.334. The minimum absolute atomic E-state index is 0.262. The lowest BCUT2D eigenvalue weighted by Gasteiger charge is -2.09. The van der Waals surface area contributed by atoms with Crippen LogP contribution in [0.5, 0.6) is 23.0 Å². The summed E-state index contributed by atoms with van der Waals surface area (Å²) in [4.78, 5) is 24.4. The van der Waals surface area contributed by atoms with Crippen LogP contribution < -0.4 is 18.9 Å². The first kappa shape index (κ1) is 21.8. The maximum Gasteiger partial charge on any atom is 0.163 e. The normalized spacial score (nSPS) is 10.9. The quantitative estimate of drug-likeness (QED) is 0.447. The van der Waals surface area contributed by atoms with Gasteiger partial charge in [-0.2, -0.15) is 0 Å². The molecule has 0 bridgehead atoms. The van der Waals surface area contributed by atoms with Gasteiger partial charge >= 0.3 is 0 Å². The topological polar surface area (TPSA) is 71.1 Å². The molecule has 0 fully saturated rings. The average Bonchev–Trinajstić information content (AvgIpc) is 2.75. The summed E-state index contributed by atoms with van der Waals surface area (Å²) in [5.41, 5.74) is 1.26. The second-order valence-corrected chi connectivity index (χ2v) is 5.93. The number of rotatable bonds is 10. The fourth-order valence-corrected chi connectivity index (χ4v) is 2.73. The van der Waals surface area contributed by atoms with Crippen LogP contribution >= 0.6 is 0 Å². The first-order valence-corrected chi connectivity index (χ1v) is 8.87. The van der Waals surface area contributed by atoms with Crippen molar-refractivity contribution in [2.24, 2.45) is 0 Å². The van der Waals surface area contributed by atoms with Crippen LogP contribution in [0.3, 0.4) is 0 Å². The van der Waals surface area contributed by atoms with E-state index in [1.54, 1.807) is 48.6 Å². The SMILES string of the molecule is COc1cccc(OC)c1/C=C/C(=O)CC(=O)/C=C/c1c(OC)cccc1OC. The fraction of sp³-hybridized carbons (Fsp3) is 0.217. The van der Waals surface area contributed by atoms with E-state index < -0.39 is 0 Å². The minimum Gasteiger partial charge on any atom is -0.496 e. The summed E-state index contributed by atoms with van der Waals surface area (Å²) in [6, 6.07) is 10.6. The molecule has 29 heavy (non-hydrogen) atoms. The zero-order valence-electron chi connectivity index (χ0n) is 16.9. The predicted octanol–water partition coefficient (Wildman–Crippen LogP) is 3.98. The molecular weight excluding hydrogens is 372 g/mol. The van der Waals surface area contributed by atoms with Crippen molar-refractivity contribution in [3.8, 4) is 23.0 Å². The molecule has 6 nitrogen and oxygen atoms in total. The van der Waals surface area contributed by atoms with Crippen molar-refractivity contribution in [3.63, 3.8) is 0 Å². The summed E-state index contributed by atoms with van der Waals surface area (Å²) in [5, 5.41) is 0. The smallest absolute Gasteiger partial charge is 0.163 e. The van der Waals surface area contributed by atoms with Crippen molar-refractivity contribution in [1.29, 1.82) is 0 Å². The van der Waals surface area contributed by atoms with Gasteiger partial charge in [0, 0.05) is 0 Å². The van der Waals surface area contributed by atoms with Gasteiger partial charge in [-0.05, 0) is 48.6 Å². The molecule has 0 aliphatic carbocycles. The van der Waals surface area contributed by atoms with Crippen LogP contribution in [0.1, 0.15) is 17.5 Å². The number of benzene rings is 2. The van der Waals surface area contributed by atoms with Crippen molar-refractivity contribution in [3.05, 3.63) is 59.7 Å². The Morgan fingerprint density at radius 2 is 0.966 bits per heavy atom. The van der Waals surface area contributed by atoms with Gasteiger partial charge < -0.3 is 18.9 Å². The molecule has 0 amide bonds. The van der Waals surface area contributed by atoms with Gasteiger partial charge in [0.25, 0.3) is 0 Å². The van der Waals surface area contributed by atoms with Gasteiger partial charge in [-0.15, -0.1) is 0 Å². The fourth-order valence-electron chi connectivity index (χ4n) is 2.73. The van der Waals surface area contributed by atoms with Gasteiger partial charge in [0.2, 0.25) is 0 Å². The molecular formula is C23H24O6. The summed E-state index contributed by atoms with van der Waals surface area (Å²) in [5.74, 6) is 1.62. The molecule has 152 valence electrons. The number of hydrogen-bond donors (Lipinski definition) is 0. The van der Waals surface area contributed by atoms with E-state index in [4.69, 9.17) is 18.9 Å². The van der Waals surface area contributed by atoms with E-state index in [2.05, 4.69) is 0 Å². The third-order valence-electron chi connectivity index (χ3n) is 4.15. The predicted molar refractivity (Wildman–Crippen MR) is 112 cm³/mol. The molecule has 0 N–H and O–H groups in total. The summed E-state index contributed by atoms with van der Waals surface area (Å²) < 4.78 is 21.2. The van der Waals surface area contributed by atoms with Crippen molar-refractivity contribution < 1.29 is 28.5 Å². The average molecular weight is 396 g/mol. The molecule has 0 aliphatic rings. The summed E-state index contributed by atoms with van der Waals surface area (Å²) >= 11 is 0. The van der Waals surface area contributed by atoms with E-state index in [0.29, 0.717) is 34.1 Å². The van der Waals surface area contributed by atoms with E-state index >= 15 is 0 Å². The van der Waals surface area contributed by atoms with E-state index in [1.807, 2.05) is 0 Å². The maximum atomic E-state index is 12.2. The van der Waals surface area contributed by atoms with Crippen LogP contribution in [-0.4, -0.2) is 40.0 Å². The lowest BCUT2D eigenvalue weighted by molar-refractivity contribution is -0.121. The molecule has 0 radical (unpaired) electrons. The van der Waals surface area contributed by atoms with Crippen LogP contribution in [0.25, 0.3) is 12.2 Å². The lowest BCUT2D eigenvalue weighted by Crippen LogP contribution is -2.02. The molecule has 0 saturated carbocycles. The van der Waals surface area contributed by atoms with E-state index in [1.165, 1.54) is 40.6 Å². The number of methoxy groups -OCH3 is 4. The molecule has 0 aromatic heterocycles. The number of allylic oxidation sites excluding steroid dienone is 2. The Balaban J connectivity index is 2.10. The standard InChI is InChI=1S/C23H24O6/c1-26-20-7-5-8-21(27-2)18(20)13-11-16(24)15-17(25)12-14-19-22(28-3)9-6-10-23(19)29-4/h5-14H,15H2,1-4H3/b13-11+,14-12+. The molecule has 0 saturated heterocycles. The number of ketones is 2. The van der Waals surface area contributed by atoms with Crippen molar-refractivity contribution in [1.82, 2.24) is 0 Å². The van der Waals surface area contributed by atoms with E-state index in [-0.39, 0.29) is 18.0 Å². The van der Waals surface area contributed by atoms with Crippen molar-refractivity contribution >= 4 is 23.7 Å². The maximum absolute atomic E-state index is 12.2. The van der Waals surface area contributed by atoms with Crippen LogP contribution in [0.4, 0.5) is 0 Å². The van der Waals surface area contributed by atoms with Crippen LogP contribution in [-0.2, 0) is 9.59 Å². The van der Waals surface area contributed by atoms with Gasteiger partial charge in [0.15, 0.2) is 11.6 Å². The van der Waals surface area contributed by atoms with Gasteiger partial charge in [-0.3, -0.25) is 9.59 Å². The number of carbonyl (C=O) groups excluding carboxylic acids is 2. The molecule has 0 aliphatic heterocycles. The largest absolute Gasteiger partial charge is 0.496 e. The number of carbonyl (C=O) groups is 2. The first-order valence-electron chi connectivity index (χ1n) is 8.87. The lowest BCUT2D eigenvalue weighted by atomic mass is 10.1. The van der Waals surface area contributed by atoms with Gasteiger partial charge in [0.1, 0.15) is 23.0 Å². The summed E-state index contributed by atoms with van der Waals surface area (Å²) in [6.07, 6.45) is 5.59. The van der Waals surface area contributed by atoms with E-state index in [0.717, 1.165) is 0 Å². The molecule has 6 heteroatoms. The summed E-state index contributed by atoms with van der Waals surface area (Å²) in [7, 11) is 6.14. The second-order valence-electron chi connectivity index (χ2n) is 5.93. The third-order valence-corrected chi connectivity index (χ3v) is 4.15. The molecule has 0 atom stereocenters. The Bertz CT molecular complexity index is 807. The van der Waals surface area contributed by atoms with Crippen LogP contribution in [0, 0.1) is 0 Å². The van der Waals surface area contributed by atoms with Gasteiger partial charge in [-0.25, -0.2) is 0 Å². The molecule has 0 unspecified atom stereocenters. The summed E-state index contributed by atoms with van der Waals surface area (Å²) in [6.45, 7) is 0. The second kappa shape index (κ2) is 10.7. The number of hydrogen-bond acceptors (Lipinski definition) is 6. The Labute approximate surface area is 170 Å². The number of ether oxygens (including phenoxy) is 4. The molecule has 2 aromatic rings.